The third-order valence-corrected chi connectivity index (χ3v) is 4.95. The predicted octanol–water partition coefficient (Wildman–Crippen LogP) is 1.39. The maximum absolute atomic E-state index is 6.13. The predicted molar refractivity (Wildman–Crippen MR) is 84.7 cm³/mol. The number of ether oxygens (including phenoxy) is 3. The van der Waals surface area contributed by atoms with Crippen molar-refractivity contribution in [1.82, 2.24) is 5.32 Å². The highest BCUT2D eigenvalue weighted by Crippen LogP contribution is 2.39. The van der Waals surface area contributed by atoms with Crippen LogP contribution in [0.1, 0.15) is 45.4 Å². The van der Waals surface area contributed by atoms with Crippen LogP contribution in [0.5, 0.6) is 0 Å². The summed E-state index contributed by atoms with van der Waals surface area (Å²) in [6.45, 7) is 5.07. The van der Waals surface area contributed by atoms with Gasteiger partial charge in [-0.25, -0.2) is 0 Å². The number of guanidine groups is 1. The molecule has 3 fully saturated rings. The smallest absolute Gasteiger partial charge is 0.188 e. The summed E-state index contributed by atoms with van der Waals surface area (Å²) >= 11 is 0. The van der Waals surface area contributed by atoms with Gasteiger partial charge in [0.2, 0.25) is 0 Å². The lowest BCUT2D eigenvalue weighted by molar-refractivity contribution is -0.190. The van der Waals surface area contributed by atoms with Crippen molar-refractivity contribution < 1.29 is 14.2 Å². The lowest BCUT2D eigenvalue weighted by Gasteiger charge is -2.34. The van der Waals surface area contributed by atoms with Gasteiger partial charge in [0, 0.05) is 26.0 Å². The van der Waals surface area contributed by atoms with Gasteiger partial charge in [-0.15, -0.1) is 0 Å². The molecule has 0 bridgehead atoms. The molecule has 2 aliphatic heterocycles. The first-order valence-electron chi connectivity index (χ1n) is 8.62. The molecule has 1 spiro atoms. The van der Waals surface area contributed by atoms with Crippen LogP contribution in [0.15, 0.2) is 4.99 Å². The van der Waals surface area contributed by atoms with Gasteiger partial charge < -0.3 is 25.3 Å². The lowest BCUT2D eigenvalue weighted by Crippen LogP contribution is -2.38. The van der Waals surface area contributed by atoms with Crippen molar-refractivity contribution in [3.8, 4) is 0 Å². The van der Waals surface area contributed by atoms with Crippen molar-refractivity contribution >= 4 is 5.96 Å². The number of hydrogen-bond acceptors (Lipinski definition) is 4. The zero-order chi connectivity index (χ0) is 15.4. The maximum atomic E-state index is 6.13. The summed E-state index contributed by atoms with van der Waals surface area (Å²) in [5.41, 5.74) is 5.91. The minimum absolute atomic E-state index is 0.0245. The average Bonchev–Trinajstić information content (AvgIpc) is 3.17. The Labute approximate surface area is 132 Å². The molecule has 2 saturated heterocycles. The molecule has 2 atom stereocenters. The monoisotopic (exact) mass is 311 g/mol. The van der Waals surface area contributed by atoms with Crippen LogP contribution in [0.2, 0.25) is 0 Å². The molecule has 22 heavy (non-hydrogen) atoms. The highest BCUT2D eigenvalue weighted by Gasteiger charge is 2.43. The second-order valence-electron chi connectivity index (χ2n) is 6.89. The van der Waals surface area contributed by atoms with E-state index >= 15 is 0 Å². The summed E-state index contributed by atoms with van der Waals surface area (Å²) in [7, 11) is 0. The van der Waals surface area contributed by atoms with Crippen LogP contribution in [0, 0.1) is 5.92 Å². The number of nitrogens with zero attached hydrogens (tertiary/aromatic N) is 1. The number of nitrogens with two attached hydrogens (primary N) is 1. The van der Waals surface area contributed by atoms with Crippen LogP contribution in [-0.4, -0.2) is 50.3 Å². The standard InChI is InChI=1S/C16H29N3O3/c1-12-4-6-16(7-5-12)21-11-14(22-16)10-19-15(17)18-9-13-3-2-8-20-13/h12-14H,2-11H2,1H3,(H3,17,18,19). The van der Waals surface area contributed by atoms with Gasteiger partial charge in [0.05, 0.1) is 19.3 Å². The second kappa shape index (κ2) is 7.15. The Balaban J connectivity index is 1.39. The topological polar surface area (TPSA) is 78.1 Å². The molecule has 1 saturated carbocycles. The molecule has 0 aromatic carbocycles. The molecule has 2 unspecified atom stereocenters. The van der Waals surface area contributed by atoms with Gasteiger partial charge in [-0.2, -0.15) is 0 Å². The highest BCUT2D eigenvalue weighted by molar-refractivity contribution is 5.77. The van der Waals surface area contributed by atoms with E-state index in [4.69, 9.17) is 19.9 Å². The van der Waals surface area contributed by atoms with Crippen LogP contribution in [-0.2, 0) is 14.2 Å². The SMILES string of the molecule is CC1CCC2(CC1)OCC(CN=C(N)NCC1CCCO1)O2. The van der Waals surface area contributed by atoms with Crippen LogP contribution in [0.3, 0.4) is 0 Å². The molecule has 126 valence electrons. The summed E-state index contributed by atoms with van der Waals surface area (Å²) in [5.74, 6) is 0.914. The summed E-state index contributed by atoms with van der Waals surface area (Å²) in [6.07, 6.45) is 6.89. The van der Waals surface area contributed by atoms with Crippen molar-refractivity contribution in [1.29, 1.82) is 0 Å². The molecule has 0 aromatic heterocycles. The molecule has 3 N–H and O–H groups in total. The third-order valence-electron chi connectivity index (χ3n) is 4.95. The molecule has 2 heterocycles. The summed E-state index contributed by atoms with van der Waals surface area (Å²) in [5, 5.41) is 3.13. The Morgan fingerprint density at radius 2 is 2.09 bits per heavy atom. The Morgan fingerprint density at radius 1 is 1.27 bits per heavy atom. The maximum Gasteiger partial charge on any atom is 0.188 e. The molecular weight excluding hydrogens is 282 g/mol. The average molecular weight is 311 g/mol. The van der Waals surface area contributed by atoms with Gasteiger partial charge in [-0.3, -0.25) is 4.99 Å². The first-order chi connectivity index (χ1) is 10.7. The van der Waals surface area contributed by atoms with E-state index in [-0.39, 0.29) is 18.0 Å². The van der Waals surface area contributed by atoms with Crippen LogP contribution in [0.4, 0.5) is 0 Å². The summed E-state index contributed by atoms with van der Waals surface area (Å²) in [6, 6.07) is 0. The fourth-order valence-electron chi connectivity index (χ4n) is 3.45. The van der Waals surface area contributed by atoms with E-state index in [1.54, 1.807) is 0 Å². The number of nitrogens with one attached hydrogen (secondary N) is 1. The Morgan fingerprint density at radius 3 is 2.82 bits per heavy atom. The number of aliphatic imine (C=N–C) groups is 1. The molecule has 0 aromatic rings. The zero-order valence-corrected chi connectivity index (χ0v) is 13.6. The van der Waals surface area contributed by atoms with Crippen molar-refractivity contribution in [2.45, 2.75) is 63.4 Å². The van der Waals surface area contributed by atoms with E-state index in [0.29, 0.717) is 19.1 Å². The van der Waals surface area contributed by atoms with E-state index in [1.807, 2.05) is 0 Å². The van der Waals surface area contributed by atoms with Gasteiger partial charge in [0.15, 0.2) is 11.7 Å². The minimum Gasteiger partial charge on any atom is -0.376 e. The molecule has 0 amide bonds. The van der Waals surface area contributed by atoms with Crippen molar-refractivity contribution in [2.24, 2.45) is 16.6 Å². The first kappa shape index (κ1) is 16.0. The second-order valence-corrected chi connectivity index (χ2v) is 6.89. The molecule has 6 heteroatoms. The Kier molecular flexibility index (Phi) is 5.21. The summed E-state index contributed by atoms with van der Waals surface area (Å²) < 4.78 is 17.6. The highest BCUT2D eigenvalue weighted by atomic mass is 16.7. The largest absolute Gasteiger partial charge is 0.376 e. The normalized spacial score (nSPS) is 39.5. The Hall–Kier alpha value is -0.850. The fourth-order valence-corrected chi connectivity index (χ4v) is 3.45. The quantitative estimate of drug-likeness (QED) is 0.606. The molecular formula is C16H29N3O3. The number of rotatable bonds is 4. The van der Waals surface area contributed by atoms with Crippen LogP contribution < -0.4 is 11.1 Å². The van der Waals surface area contributed by atoms with Gasteiger partial charge in [0.1, 0.15) is 6.10 Å². The van der Waals surface area contributed by atoms with Crippen molar-refractivity contribution in [3.05, 3.63) is 0 Å². The molecule has 0 radical (unpaired) electrons. The molecule has 6 nitrogen and oxygen atoms in total. The van der Waals surface area contributed by atoms with E-state index in [0.717, 1.165) is 44.8 Å². The van der Waals surface area contributed by atoms with E-state index in [9.17, 15) is 0 Å². The molecule has 3 rings (SSSR count). The van der Waals surface area contributed by atoms with E-state index < -0.39 is 0 Å². The van der Waals surface area contributed by atoms with Gasteiger partial charge in [-0.1, -0.05) is 6.92 Å². The molecule has 1 aliphatic carbocycles. The summed E-state index contributed by atoms with van der Waals surface area (Å²) in [4.78, 5) is 4.38. The fraction of sp³-hybridized carbons (Fsp3) is 0.938. The molecule has 3 aliphatic rings. The number of hydrogen-bond donors (Lipinski definition) is 2. The van der Waals surface area contributed by atoms with Gasteiger partial charge in [-0.05, 0) is 31.6 Å². The third kappa shape index (κ3) is 4.12. The van der Waals surface area contributed by atoms with Crippen molar-refractivity contribution in [3.63, 3.8) is 0 Å². The van der Waals surface area contributed by atoms with Crippen molar-refractivity contribution in [2.75, 3.05) is 26.3 Å². The Bertz CT molecular complexity index is 388. The minimum atomic E-state index is -0.341. The zero-order valence-electron chi connectivity index (χ0n) is 13.6. The van der Waals surface area contributed by atoms with Crippen LogP contribution in [0.25, 0.3) is 0 Å². The van der Waals surface area contributed by atoms with Gasteiger partial charge in [0.25, 0.3) is 0 Å². The van der Waals surface area contributed by atoms with E-state index in [1.165, 1.54) is 12.8 Å². The first-order valence-corrected chi connectivity index (χ1v) is 8.62. The lowest BCUT2D eigenvalue weighted by atomic mass is 9.86. The van der Waals surface area contributed by atoms with E-state index in [2.05, 4.69) is 17.2 Å². The van der Waals surface area contributed by atoms with Gasteiger partial charge >= 0.3 is 0 Å². The van der Waals surface area contributed by atoms with Crippen LogP contribution >= 0.6 is 0 Å².